The number of nitrogens with zero attached hydrogens (tertiary/aromatic N) is 3. The minimum Gasteiger partial charge on any atom is -0.360 e. The van der Waals surface area contributed by atoms with Gasteiger partial charge in [-0.05, 0) is 38.1 Å². The van der Waals surface area contributed by atoms with Gasteiger partial charge in [0.25, 0.3) is 11.5 Å². The third kappa shape index (κ3) is 9.85. The van der Waals surface area contributed by atoms with Crippen molar-refractivity contribution in [1.82, 2.24) is 20.2 Å². The zero-order valence-electron chi connectivity index (χ0n) is 23.4. The van der Waals surface area contributed by atoms with Gasteiger partial charge in [-0.3, -0.25) is 9.59 Å². The molecule has 0 bridgehead atoms. The Kier molecular flexibility index (Phi) is 24.1. The maximum atomic E-state index is 13.8. The third-order valence-electron chi connectivity index (χ3n) is 5.49. The molecule has 8 nitrogen and oxygen atoms in total. The zero-order valence-corrected chi connectivity index (χ0v) is 37.2. The Balaban J connectivity index is -0.000000615. The van der Waals surface area contributed by atoms with Gasteiger partial charge in [-0.15, -0.1) is 24.0 Å². The molecule has 1 amide bonds. The van der Waals surface area contributed by atoms with Crippen molar-refractivity contribution in [3.63, 3.8) is 0 Å². The van der Waals surface area contributed by atoms with E-state index in [9.17, 15) is 14.0 Å². The van der Waals surface area contributed by atoms with Crippen LogP contribution in [0, 0.1) is 34.5 Å². The molecule has 0 saturated heterocycles. The smallest absolute Gasteiger partial charge is 0.263 e. The van der Waals surface area contributed by atoms with Gasteiger partial charge in [-0.2, -0.15) is 0 Å². The maximum Gasteiger partial charge on any atom is 0.263 e. The molecule has 5 aromatic rings. The van der Waals surface area contributed by atoms with Gasteiger partial charge in [0.05, 0.1) is 21.1 Å². The van der Waals surface area contributed by atoms with Crippen LogP contribution in [-0.2, 0) is 72.5 Å². The number of aromatic nitrogens is 3. The van der Waals surface area contributed by atoms with Crippen molar-refractivity contribution in [2.45, 2.75) is 13.8 Å². The molecular formula is C26H26Cl2FI3N4O4Y2-2. The topological polar surface area (TPSA) is 103 Å². The molecule has 3 heterocycles. The largest absolute Gasteiger partial charge is 0.360 e. The van der Waals surface area contributed by atoms with Gasteiger partial charge in [0.15, 0.2) is 0 Å². The van der Waals surface area contributed by atoms with Crippen LogP contribution in [0.1, 0.15) is 21.9 Å². The second kappa shape index (κ2) is 21.5. The van der Waals surface area contributed by atoms with Crippen LogP contribution < -0.4 is 10.9 Å². The SMILES string of the molecule is CNC(=O)c1c(-c2c(F)cccc2Cl)noc1C.Cc1onc2c1c(=O)n(C)c1cccc(Cl)c21.I.II.[CH3-].[CH3-].[Y].[Y]. The minimum atomic E-state index is -0.555. The van der Waals surface area contributed by atoms with E-state index < -0.39 is 11.7 Å². The summed E-state index contributed by atoms with van der Waals surface area (Å²) in [5.74, 6) is -0.130. The van der Waals surface area contributed by atoms with Gasteiger partial charge in [0, 0.05) is 122 Å². The van der Waals surface area contributed by atoms with Crippen molar-refractivity contribution < 1.29 is 83.6 Å². The molecule has 16 heteroatoms. The van der Waals surface area contributed by atoms with E-state index >= 15 is 0 Å². The number of halogens is 6. The van der Waals surface area contributed by atoms with Crippen molar-refractivity contribution in [2.24, 2.45) is 7.05 Å². The fourth-order valence-corrected chi connectivity index (χ4v) is 4.27. The van der Waals surface area contributed by atoms with E-state index in [1.807, 2.05) is 12.1 Å². The monoisotopic (exact) mass is 1110 g/mol. The number of hydrogen-bond acceptors (Lipinski definition) is 6. The van der Waals surface area contributed by atoms with Crippen LogP contribution in [0.2, 0.25) is 10.0 Å². The molecule has 1 N–H and O–H groups in total. The molecule has 3 aromatic heterocycles. The Labute approximate surface area is 344 Å². The Hall–Kier alpha value is 0.708. The Bertz CT molecular complexity index is 1660. The zero-order chi connectivity index (χ0) is 27.4. The van der Waals surface area contributed by atoms with Crippen LogP contribution >= 0.6 is 84.4 Å². The van der Waals surface area contributed by atoms with E-state index in [-0.39, 0.29) is 132 Å². The van der Waals surface area contributed by atoms with E-state index in [0.29, 0.717) is 27.4 Å². The number of carbonyl (C=O) groups excluding carboxylic acids is 1. The average Bonchev–Trinajstić information content (AvgIpc) is 3.46. The summed E-state index contributed by atoms with van der Waals surface area (Å²) < 4.78 is 25.4. The van der Waals surface area contributed by atoms with Crippen LogP contribution in [0.3, 0.4) is 0 Å². The number of pyridine rings is 1. The van der Waals surface area contributed by atoms with Crippen molar-refractivity contribution in [1.29, 1.82) is 0 Å². The molecule has 0 saturated carbocycles. The van der Waals surface area contributed by atoms with Crippen molar-refractivity contribution in [2.75, 3.05) is 7.05 Å². The predicted molar refractivity (Wildman–Crippen MR) is 188 cm³/mol. The van der Waals surface area contributed by atoms with Crippen LogP contribution in [-0.4, -0.2) is 27.8 Å². The number of amides is 1. The number of aryl methyl sites for hydroxylation is 3. The maximum absolute atomic E-state index is 13.8. The predicted octanol–water partition coefficient (Wildman–Crippen LogP) is 8.73. The van der Waals surface area contributed by atoms with Gasteiger partial charge in [0.2, 0.25) is 0 Å². The molecule has 0 spiro atoms. The summed E-state index contributed by atoms with van der Waals surface area (Å²) in [6, 6.07) is 9.68. The van der Waals surface area contributed by atoms with Crippen LogP contribution in [0.25, 0.3) is 33.1 Å². The second-order valence-electron chi connectivity index (χ2n) is 7.60. The van der Waals surface area contributed by atoms with E-state index in [0.717, 1.165) is 10.9 Å². The summed E-state index contributed by atoms with van der Waals surface area (Å²) in [7, 11) is 3.19. The minimum absolute atomic E-state index is 0. The van der Waals surface area contributed by atoms with Crippen LogP contribution in [0.4, 0.5) is 4.39 Å². The van der Waals surface area contributed by atoms with Crippen LogP contribution in [0.5, 0.6) is 0 Å². The number of nitrogens with one attached hydrogen (secondary N) is 1. The summed E-state index contributed by atoms with van der Waals surface area (Å²) in [5, 5.41) is 12.1. The van der Waals surface area contributed by atoms with E-state index in [1.54, 1.807) is 31.5 Å². The van der Waals surface area contributed by atoms with Gasteiger partial charge in [-0.1, -0.05) is 45.6 Å². The molecule has 5 rings (SSSR count). The summed E-state index contributed by atoms with van der Waals surface area (Å²) in [6.07, 6.45) is 0. The second-order valence-corrected chi connectivity index (χ2v) is 8.41. The number of rotatable bonds is 2. The summed E-state index contributed by atoms with van der Waals surface area (Å²) in [5.41, 5.74) is 1.53. The number of carbonyl (C=O) groups is 1. The molecular weight excluding hydrogens is 1080 g/mol. The van der Waals surface area contributed by atoms with Crippen molar-refractivity contribution in [3.8, 4) is 11.3 Å². The molecule has 0 unspecified atom stereocenters. The van der Waals surface area contributed by atoms with E-state index in [4.69, 9.17) is 32.2 Å². The molecule has 0 atom stereocenters. The Morgan fingerprint density at radius 3 is 2.07 bits per heavy atom. The fourth-order valence-electron chi connectivity index (χ4n) is 3.76. The molecule has 2 aromatic carbocycles. The standard InChI is InChI=1S/C12H10ClFN2O2.C12H9ClN2O2.2CH3.I2.HI.2Y/c1-6-9(12(17)15-2)11(16-18-6)10-7(13)4-3-5-8(10)14;1-6-9-11(14-17-6)10-7(13)4-3-5-8(10)15(2)12(9)16;;;1-2;;;/h3-5H,1-2H3,(H,15,17);3-5H,1-2H3;2*1H3;;1H;;/q;;2*-1;;;;. The van der Waals surface area contributed by atoms with E-state index in [1.165, 1.54) is 25.2 Å². The fraction of sp³-hybridized carbons (Fsp3) is 0.154. The van der Waals surface area contributed by atoms with Gasteiger partial charge in [0.1, 0.15) is 39.5 Å². The van der Waals surface area contributed by atoms with Crippen molar-refractivity contribution in [3.05, 3.63) is 94.6 Å². The molecule has 224 valence electrons. The number of fused-ring (bicyclic) bond motifs is 3. The summed E-state index contributed by atoms with van der Waals surface area (Å²) in [4.78, 5) is 23.9. The molecule has 2 radical (unpaired) electrons. The molecule has 0 aliphatic rings. The molecule has 42 heavy (non-hydrogen) atoms. The number of benzene rings is 2. The van der Waals surface area contributed by atoms with Gasteiger partial charge < -0.3 is 33.8 Å². The van der Waals surface area contributed by atoms with Crippen LogP contribution in [0.15, 0.2) is 50.2 Å². The Morgan fingerprint density at radius 2 is 1.50 bits per heavy atom. The first-order valence-electron chi connectivity index (χ1n) is 10.5. The summed E-state index contributed by atoms with van der Waals surface area (Å²) in [6.45, 7) is 3.30. The molecule has 0 fully saturated rings. The normalized spacial score (nSPS) is 9.26. The Morgan fingerprint density at radius 1 is 0.952 bits per heavy atom. The quantitative estimate of drug-likeness (QED) is 0.140. The van der Waals surface area contributed by atoms with Gasteiger partial charge >= 0.3 is 0 Å². The molecule has 0 aliphatic heterocycles. The van der Waals surface area contributed by atoms with Gasteiger partial charge in [-0.25, -0.2) is 4.39 Å². The average molecular weight is 1110 g/mol. The first kappa shape index (κ1) is 47.1. The molecule has 0 aliphatic carbocycles. The summed E-state index contributed by atoms with van der Waals surface area (Å²) >= 11 is 16.4. The third-order valence-corrected chi connectivity index (χ3v) is 6.12. The number of hydrogen-bond donors (Lipinski definition) is 1. The van der Waals surface area contributed by atoms with Crippen molar-refractivity contribution >= 4 is 112 Å². The first-order chi connectivity index (χ1) is 17.7. The first-order valence-corrected chi connectivity index (χ1v) is 17.5. The van der Waals surface area contributed by atoms with E-state index in [2.05, 4.69) is 52.9 Å².